The van der Waals surface area contributed by atoms with Crippen LogP contribution in [0.4, 0.5) is 4.39 Å². The van der Waals surface area contributed by atoms with Crippen LogP contribution in [0.5, 0.6) is 0 Å². The number of thiophene rings is 1. The van der Waals surface area contributed by atoms with Crippen LogP contribution >= 0.6 is 11.3 Å². The van der Waals surface area contributed by atoms with Crippen LogP contribution in [0.3, 0.4) is 0 Å². The molecule has 0 aliphatic rings. The molecule has 0 aliphatic heterocycles. The number of carbonyl (C=O) groups is 1. The van der Waals surface area contributed by atoms with E-state index in [1.807, 2.05) is 22.4 Å². The molecule has 3 nitrogen and oxygen atoms in total. The van der Waals surface area contributed by atoms with Crippen LogP contribution in [0.15, 0.2) is 41.8 Å². The van der Waals surface area contributed by atoms with Crippen molar-refractivity contribution in [3.05, 3.63) is 58.0 Å². The molecule has 0 aliphatic carbocycles. The molecule has 0 radical (unpaired) electrons. The van der Waals surface area contributed by atoms with Gasteiger partial charge in [-0.1, -0.05) is 25.1 Å². The first-order chi connectivity index (χ1) is 11.1. The van der Waals surface area contributed by atoms with Crippen molar-refractivity contribution in [2.45, 2.75) is 39.4 Å². The monoisotopic (exact) mass is 334 g/mol. The van der Waals surface area contributed by atoms with Gasteiger partial charge < -0.3 is 10.2 Å². The third-order valence-electron chi connectivity index (χ3n) is 3.78. The minimum Gasteiger partial charge on any atom is -0.332 e. The van der Waals surface area contributed by atoms with Crippen molar-refractivity contribution < 1.29 is 9.18 Å². The molecule has 0 saturated heterocycles. The van der Waals surface area contributed by atoms with Crippen molar-refractivity contribution in [2.24, 2.45) is 0 Å². The molecule has 2 aromatic rings. The Morgan fingerprint density at radius 3 is 2.61 bits per heavy atom. The van der Waals surface area contributed by atoms with Crippen LogP contribution in [0.1, 0.15) is 30.7 Å². The van der Waals surface area contributed by atoms with Crippen LogP contribution in [0.25, 0.3) is 0 Å². The lowest BCUT2D eigenvalue weighted by atomic mass is 10.2. The zero-order chi connectivity index (χ0) is 16.7. The molecule has 124 valence electrons. The minimum atomic E-state index is -0.261. The van der Waals surface area contributed by atoms with E-state index in [2.05, 4.69) is 19.2 Å². The van der Waals surface area contributed by atoms with Gasteiger partial charge in [-0.15, -0.1) is 11.3 Å². The molecule has 1 heterocycles. The highest BCUT2D eigenvalue weighted by atomic mass is 32.1. The largest absolute Gasteiger partial charge is 0.332 e. The third-order valence-corrected chi connectivity index (χ3v) is 4.64. The smallest absolute Gasteiger partial charge is 0.237 e. The van der Waals surface area contributed by atoms with E-state index in [0.717, 1.165) is 16.9 Å². The van der Waals surface area contributed by atoms with E-state index in [0.29, 0.717) is 25.7 Å². The molecule has 2 rings (SSSR count). The SMILES string of the molecule is CC[C@@H](C)NCC(=O)N(Cc1ccc(F)cc1)Cc1cccs1. The lowest BCUT2D eigenvalue weighted by Crippen LogP contribution is -2.40. The highest BCUT2D eigenvalue weighted by Gasteiger charge is 2.15. The van der Waals surface area contributed by atoms with Gasteiger partial charge in [-0.3, -0.25) is 4.79 Å². The number of carbonyl (C=O) groups excluding carboxylic acids is 1. The molecule has 0 fully saturated rings. The van der Waals surface area contributed by atoms with Gasteiger partial charge in [-0.05, 0) is 42.5 Å². The first kappa shape index (κ1) is 17.6. The molecule has 1 aromatic heterocycles. The average Bonchev–Trinajstić information content (AvgIpc) is 3.06. The normalized spacial score (nSPS) is 12.1. The molecule has 5 heteroatoms. The Kier molecular flexibility index (Phi) is 6.74. The second-order valence-electron chi connectivity index (χ2n) is 5.65. The Morgan fingerprint density at radius 2 is 2.00 bits per heavy atom. The van der Waals surface area contributed by atoms with Gasteiger partial charge in [0.2, 0.25) is 5.91 Å². The Bertz CT molecular complexity index is 598. The van der Waals surface area contributed by atoms with Crippen LogP contribution in [0, 0.1) is 5.82 Å². The number of rotatable bonds is 8. The van der Waals surface area contributed by atoms with Crippen molar-refractivity contribution in [2.75, 3.05) is 6.54 Å². The molecule has 0 spiro atoms. The first-order valence-electron chi connectivity index (χ1n) is 7.86. The molecule has 1 N–H and O–H groups in total. The van der Waals surface area contributed by atoms with Gasteiger partial charge in [0.25, 0.3) is 0 Å². The predicted octanol–water partition coefficient (Wildman–Crippen LogP) is 3.80. The maximum absolute atomic E-state index is 13.0. The van der Waals surface area contributed by atoms with Gasteiger partial charge >= 0.3 is 0 Å². The Labute approximate surface area is 141 Å². The first-order valence-corrected chi connectivity index (χ1v) is 8.74. The lowest BCUT2D eigenvalue weighted by Gasteiger charge is -2.23. The van der Waals surface area contributed by atoms with E-state index in [1.54, 1.807) is 23.5 Å². The summed E-state index contributed by atoms with van der Waals surface area (Å²) in [4.78, 5) is 15.5. The van der Waals surface area contributed by atoms with E-state index in [-0.39, 0.29) is 11.7 Å². The molecule has 0 bridgehead atoms. The summed E-state index contributed by atoms with van der Waals surface area (Å²) in [6.07, 6.45) is 0.982. The quantitative estimate of drug-likeness (QED) is 0.796. The molecule has 1 aromatic carbocycles. The summed E-state index contributed by atoms with van der Waals surface area (Å²) in [5.41, 5.74) is 0.930. The Balaban J connectivity index is 2.04. The highest BCUT2D eigenvalue weighted by Crippen LogP contribution is 2.15. The summed E-state index contributed by atoms with van der Waals surface area (Å²) in [6, 6.07) is 10.6. The third kappa shape index (κ3) is 5.77. The fourth-order valence-corrected chi connectivity index (χ4v) is 2.87. The summed E-state index contributed by atoms with van der Waals surface area (Å²) in [5, 5.41) is 5.25. The summed E-state index contributed by atoms with van der Waals surface area (Å²) >= 11 is 1.64. The molecule has 0 unspecified atom stereocenters. The van der Waals surface area contributed by atoms with E-state index in [4.69, 9.17) is 0 Å². The van der Waals surface area contributed by atoms with Gasteiger partial charge in [-0.25, -0.2) is 4.39 Å². The Hall–Kier alpha value is -1.72. The average molecular weight is 334 g/mol. The molecular formula is C18H23FN2OS. The van der Waals surface area contributed by atoms with Gasteiger partial charge in [0, 0.05) is 17.5 Å². The summed E-state index contributed by atoms with van der Waals surface area (Å²) < 4.78 is 13.0. The maximum Gasteiger partial charge on any atom is 0.237 e. The maximum atomic E-state index is 13.0. The lowest BCUT2D eigenvalue weighted by molar-refractivity contribution is -0.131. The summed E-state index contributed by atoms with van der Waals surface area (Å²) in [7, 11) is 0. The van der Waals surface area contributed by atoms with E-state index >= 15 is 0 Å². The summed E-state index contributed by atoms with van der Waals surface area (Å²) in [5.74, 6) is -0.202. The number of hydrogen-bond acceptors (Lipinski definition) is 3. The zero-order valence-corrected chi connectivity index (χ0v) is 14.4. The molecule has 0 saturated carbocycles. The number of hydrogen-bond donors (Lipinski definition) is 1. The van der Waals surface area contributed by atoms with Crippen LogP contribution in [0.2, 0.25) is 0 Å². The fourth-order valence-electron chi connectivity index (χ4n) is 2.15. The van der Waals surface area contributed by atoms with Gasteiger partial charge in [0.05, 0.1) is 13.1 Å². The number of halogens is 1. The molecule has 1 amide bonds. The van der Waals surface area contributed by atoms with E-state index < -0.39 is 0 Å². The zero-order valence-electron chi connectivity index (χ0n) is 13.6. The number of amides is 1. The standard InChI is InChI=1S/C18H23FN2OS/c1-3-14(2)20-11-18(22)21(13-17-5-4-10-23-17)12-15-6-8-16(19)9-7-15/h4-10,14,20H,3,11-13H2,1-2H3/t14-/m1/s1. The van der Waals surface area contributed by atoms with Crippen molar-refractivity contribution >= 4 is 17.2 Å². The highest BCUT2D eigenvalue weighted by molar-refractivity contribution is 7.09. The fraction of sp³-hybridized carbons (Fsp3) is 0.389. The number of nitrogens with one attached hydrogen (secondary N) is 1. The van der Waals surface area contributed by atoms with Crippen LogP contribution in [-0.2, 0) is 17.9 Å². The van der Waals surface area contributed by atoms with E-state index in [9.17, 15) is 9.18 Å². The summed E-state index contributed by atoms with van der Waals surface area (Å²) in [6.45, 7) is 5.54. The minimum absolute atomic E-state index is 0.0584. The second-order valence-corrected chi connectivity index (χ2v) is 6.68. The van der Waals surface area contributed by atoms with Crippen molar-refractivity contribution in [3.63, 3.8) is 0 Å². The molecular weight excluding hydrogens is 311 g/mol. The van der Waals surface area contributed by atoms with E-state index in [1.165, 1.54) is 12.1 Å². The molecule has 1 atom stereocenters. The second kappa shape index (κ2) is 8.79. The molecule has 23 heavy (non-hydrogen) atoms. The van der Waals surface area contributed by atoms with Crippen molar-refractivity contribution in [1.82, 2.24) is 10.2 Å². The van der Waals surface area contributed by atoms with Crippen LogP contribution < -0.4 is 5.32 Å². The van der Waals surface area contributed by atoms with Gasteiger partial charge in [0.15, 0.2) is 0 Å². The topological polar surface area (TPSA) is 32.3 Å². The Morgan fingerprint density at radius 1 is 1.26 bits per heavy atom. The van der Waals surface area contributed by atoms with Gasteiger partial charge in [0.1, 0.15) is 5.82 Å². The van der Waals surface area contributed by atoms with Crippen LogP contribution in [-0.4, -0.2) is 23.4 Å². The van der Waals surface area contributed by atoms with Crippen molar-refractivity contribution in [1.29, 1.82) is 0 Å². The number of benzene rings is 1. The van der Waals surface area contributed by atoms with Gasteiger partial charge in [-0.2, -0.15) is 0 Å². The number of nitrogens with zero attached hydrogens (tertiary/aromatic N) is 1. The van der Waals surface area contributed by atoms with Crippen molar-refractivity contribution in [3.8, 4) is 0 Å². The predicted molar refractivity (Wildman–Crippen MR) is 92.7 cm³/mol.